The maximum Gasteiger partial charge on any atom is 0.316 e. The number of hydrogen-bond acceptors (Lipinski definition) is 6. The number of hydrogen-bond donors (Lipinski definition) is 1. The van der Waals surface area contributed by atoms with E-state index in [-0.39, 0.29) is 11.8 Å². The average molecular weight is 377 g/mol. The molecule has 0 spiro atoms. The highest BCUT2D eigenvalue weighted by Crippen LogP contribution is 2.23. The van der Waals surface area contributed by atoms with Gasteiger partial charge in [0.25, 0.3) is 0 Å². The van der Waals surface area contributed by atoms with Gasteiger partial charge in [0.1, 0.15) is 5.82 Å². The van der Waals surface area contributed by atoms with Crippen LogP contribution < -0.4 is 10.2 Å². The van der Waals surface area contributed by atoms with Gasteiger partial charge in [0, 0.05) is 31.4 Å². The highest BCUT2D eigenvalue weighted by molar-refractivity contribution is 5.89. The molecule has 0 saturated carbocycles. The molecule has 7 heteroatoms. The third kappa shape index (κ3) is 4.36. The van der Waals surface area contributed by atoms with Gasteiger partial charge in [-0.25, -0.2) is 4.98 Å². The number of carbonyl (C=O) groups excluding carboxylic acids is 1. The van der Waals surface area contributed by atoms with Gasteiger partial charge in [-0.2, -0.15) is 4.98 Å². The lowest BCUT2D eigenvalue weighted by molar-refractivity contribution is 0.0907. The highest BCUT2D eigenvalue weighted by atomic mass is 16.5. The Kier molecular flexibility index (Phi) is 5.61. The minimum atomic E-state index is -0.385. The van der Waals surface area contributed by atoms with Crippen molar-refractivity contribution in [3.05, 3.63) is 60.1 Å². The van der Waals surface area contributed by atoms with Gasteiger partial charge in [0.05, 0.1) is 0 Å². The van der Waals surface area contributed by atoms with Crippen LogP contribution >= 0.6 is 0 Å². The van der Waals surface area contributed by atoms with Crippen LogP contribution in [0.1, 0.15) is 41.9 Å². The Balaban J connectivity index is 1.45. The van der Waals surface area contributed by atoms with Crippen LogP contribution in [-0.4, -0.2) is 34.1 Å². The Morgan fingerprint density at radius 3 is 2.64 bits per heavy atom. The SMILES string of the molecule is O=C(NCc1ccccc1)c1nc(-c2ccnc(N3CCCCCC3)c2)no1. The monoisotopic (exact) mass is 377 g/mol. The van der Waals surface area contributed by atoms with E-state index in [4.69, 9.17) is 4.52 Å². The van der Waals surface area contributed by atoms with Crippen LogP contribution in [0, 0.1) is 0 Å². The Morgan fingerprint density at radius 1 is 1.07 bits per heavy atom. The van der Waals surface area contributed by atoms with E-state index in [1.807, 2.05) is 42.5 Å². The maximum atomic E-state index is 12.3. The minimum absolute atomic E-state index is 0.0425. The van der Waals surface area contributed by atoms with E-state index in [2.05, 4.69) is 25.3 Å². The number of amides is 1. The van der Waals surface area contributed by atoms with Gasteiger partial charge >= 0.3 is 11.8 Å². The molecule has 2 aromatic heterocycles. The van der Waals surface area contributed by atoms with Crippen molar-refractivity contribution in [1.82, 2.24) is 20.4 Å². The number of pyridine rings is 1. The molecule has 1 fully saturated rings. The van der Waals surface area contributed by atoms with Crippen LogP contribution in [0.5, 0.6) is 0 Å². The van der Waals surface area contributed by atoms with Crippen molar-refractivity contribution in [2.24, 2.45) is 0 Å². The molecule has 0 bridgehead atoms. The van der Waals surface area contributed by atoms with Crippen LogP contribution in [0.25, 0.3) is 11.4 Å². The molecule has 0 unspecified atom stereocenters. The summed E-state index contributed by atoms with van der Waals surface area (Å²) in [6.45, 7) is 2.43. The summed E-state index contributed by atoms with van der Waals surface area (Å²) < 4.78 is 5.17. The number of aromatic nitrogens is 3. The van der Waals surface area contributed by atoms with E-state index >= 15 is 0 Å². The van der Waals surface area contributed by atoms with Crippen molar-refractivity contribution in [2.45, 2.75) is 32.2 Å². The summed E-state index contributed by atoms with van der Waals surface area (Å²) in [4.78, 5) is 23.3. The predicted octanol–water partition coefficient (Wildman–Crippen LogP) is 3.44. The molecule has 0 aliphatic carbocycles. The van der Waals surface area contributed by atoms with E-state index in [1.165, 1.54) is 25.7 Å². The van der Waals surface area contributed by atoms with Gasteiger partial charge in [-0.15, -0.1) is 0 Å². The molecular weight excluding hydrogens is 354 g/mol. The number of benzene rings is 1. The van der Waals surface area contributed by atoms with E-state index in [9.17, 15) is 4.79 Å². The largest absolute Gasteiger partial charge is 0.357 e. The molecule has 0 atom stereocenters. The second-order valence-electron chi connectivity index (χ2n) is 6.90. The number of rotatable bonds is 5. The van der Waals surface area contributed by atoms with Crippen LogP contribution in [0.2, 0.25) is 0 Å². The zero-order valence-corrected chi connectivity index (χ0v) is 15.7. The summed E-state index contributed by atoms with van der Waals surface area (Å²) >= 11 is 0. The standard InChI is InChI=1S/C21H23N5O2/c27-20(23-15-16-8-4-3-5-9-16)21-24-19(25-28-21)17-10-11-22-18(14-17)26-12-6-1-2-7-13-26/h3-5,8-11,14H,1-2,6-7,12-13,15H2,(H,23,27). The lowest BCUT2D eigenvalue weighted by atomic mass is 10.2. The normalized spacial score (nSPS) is 14.5. The maximum absolute atomic E-state index is 12.3. The molecule has 3 aromatic rings. The molecule has 4 rings (SSSR count). The Bertz CT molecular complexity index is 917. The molecule has 1 aliphatic heterocycles. The third-order valence-electron chi connectivity index (χ3n) is 4.85. The zero-order valence-electron chi connectivity index (χ0n) is 15.7. The smallest absolute Gasteiger partial charge is 0.316 e. The molecule has 1 saturated heterocycles. The third-order valence-corrected chi connectivity index (χ3v) is 4.85. The van der Waals surface area contributed by atoms with Crippen molar-refractivity contribution >= 4 is 11.7 Å². The second-order valence-corrected chi connectivity index (χ2v) is 6.90. The van der Waals surface area contributed by atoms with Gasteiger partial charge in [0.15, 0.2) is 0 Å². The first-order valence-corrected chi connectivity index (χ1v) is 9.67. The molecule has 1 amide bonds. The second kappa shape index (κ2) is 8.65. The zero-order chi connectivity index (χ0) is 19.2. The van der Waals surface area contributed by atoms with Crippen molar-refractivity contribution in [3.63, 3.8) is 0 Å². The van der Waals surface area contributed by atoms with Crippen molar-refractivity contribution in [1.29, 1.82) is 0 Å². The highest BCUT2D eigenvalue weighted by Gasteiger charge is 2.17. The summed E-state index contributed by atoms with van der Waals surface area (Å²) in [6, 6.07) is 13.5. The molecule has 3 heterocycles. The van der Waals surface area contributed by atoms with Crippen molar-refractivity contribution in [3.8, 4) is 11.4 Å². The first-order chi connectivity index (χ1) is 13.8. The van der Waals surface area contributed by atoms with Gasteiger partial charge in [-0.1, -0.05) is 48.3 Å². The van der Waals surface area contributed by atoms with Gasteiger partial charge in [0.2, 0.25) is 5.82 Å². The summed E-state index contributed by atoms with van der Waals surface area (Å²) in [5.41, 5.74) is 1.80. The first-order valence-electron chi connectivity index (χ1n) is 9.67. The van der Waals surface area contributed by atoms with Crippen LogP contribution in [0.4, 0.5) is 5.82 Å². The van der Waals surface area contributed by atoms with Crippen LogP contribution in [-0.2, 0) is 6.54 Å². The summed E-state index contributed by atoms with van der Waals surface area (Å²) in [7, 11) is 0. The quantitative estimate of drug-likeness (QED) is 0.733. The first kappa shape index (κ1) is 18.2. The van der Waals surface area contributed by atoms with E-state index in [1.54, 1.807) is 6.20 Å². The molecule has 1 aliphatic rings. The lowest BCUT2D eigenvalue weighted by Crippen LogP contribution is -2.24. The van der Waals surface area contributed by atoms with Gasteiger partial charge in [-0.3, -0.25) is 4.79 Å². The summed E-state index contributed by atoms with van der Waals surface area (Å²) in [6.07, 6.45) is 6.64. The fourth-order valence-corrected chi connectivity index (χ4v) is 3.32. The van der Waals surface area contributed by atoms with Crippen molar-refractivity contribution < 1.29 is 9.32 Å². The Hall–Kier alpha value is -3.22. The van der Waals surface area contributed by atoms with Crippen LogP contribution in [0.3, 0.4) is 0 Å². The van der Waals surface area contributed by atoms with Gasteiger partial charge < -0.3 is 14.7 Å². The molecule has 7 nitrogen and oxygen atoms in total. The topological polar surface area (TPSA) is 84.2 Å². The fraction of sp³-hybridized carbons (Fsp3) is 0.333. The van der Waals surface area contributed by atoms with Crippen molar-refractivity contribution in [2.75, 3.05) is 18.0 Å². The van der Waals surface area contributed by atoms with Gasteiger partial charge in [-0.05, 0) is 30.5 Å². The van der Waals surface area contributed by atoms with E-state index in [0.717, 1.165) is 30.0 Å². The molecule has 1 aromatic carbocycles. The average Bonchev–Trinajstić information content (AvgIpc) is 3.09. The number of carbonyl (C=O) groups is 1. The number of anilines is 1. The van der Waals surface area contributed by atoms with Crippen LogP contribution in [0.15, 0.2) is 53.2 Å². The Labute approximate surface area is 163 Å². The number of nitrogens with one attached hydrogen (secondary N) is 1. The summed E-state index contributed by atoms with van der Waals surface area (Å²) in [5, 5.41) is 6.77. The molecule has 0 radical (unpaired) electrons. The molecule has 28 heavy (non-hydrogen) atoms. The molecule has 144 valence electrons. The predicted molar refractivity (Wildman–Crippen MR) is 106 cm³/mol. The molecule has 1 N–H and O–H groups in total. The lowest BCUT2D eigenvalue weighted by Gasteiger charge is -2.21. The number of nitrogens with zero attached hydrogens (tertiary/aromatic N) is 4. The molecular formula is C21H23N5O2. The minimum Gasteiger partial charge on any atom is -0.357 e. The fourth-order valence-electron chi connectivity index (χ4n) is 3.32. The van der Waals surface area contributed by atoms with E-state index in [0.29, 0.717) is 12.4 Å². The Morgan fingerprint density at radius 2 is 1.86 bits per heavy atom. The summed E-state index contributed by atoms with van der Waals surface area (Å²) in [5.74, 6) is 0.881. The van der Waals surface area contributed by atoms with E-state index < -0.39 is 0 Å².